The van der Waals surface area contributed by atoms with Crippen LogP contribution in [0.3, 0.4) is 0 Å². The van der Waals surface area contributed by atoms with Gasteiger partial charge in [-0.15, -0.1) is 0 Å². The first-order valence-electron chi connectivity index (χ1n) is 8.71. The first-order chi connectivity index (χ1) is 12.9. The van der Waals surface area contributed by atoms with Crippen LogP contribution >= 0.6 is 11.6 Å². The number of benzene rings is 1. The van der Waals surface area contributed by atoms with Crippen molar-refractivity contribution in [1.29, 1.82) is 0 Å². The van der Waals surface area contributed by atoms with Crippen LogP contribution in [-0.2, 0) is 10.9 Å². The molecule has 3 rings (SSSR count). The molecule has 0 aliphatic carbocycles. The van der Waals surface area contributed by atoms with Gasteiger partial charge in [-0.25, -0.2) is 14.8 Å². The van der Waals surface area contributed by atoms with Crippen molar-refractivity contribution in [3.05, 3.63) is 28.9 Å². The van der Waals surface area contributed by atoms with Gasteiger partial charge in [-0.3, -0.25) is 0 Å². The summed E-state index contributed by atoms with van der Waals surface area (Å²) in [6.07, 6.45) is -4.87. The van der Waals surface area contributed by atoms with E-state index in [1.807, 2.05) is 0 Å². The number of alkyl halides is 3. The van der Waals surface area contributed by atoms with Gasteiger partial charge in [0.1, 0.15) is 5.60 Å². The van der Waals surface area contributed by atoms with E-state index in [-0.39, 0.29) is 16.2 Å². The van der Waals surface area contributed by atoms with Crippen LogP contribution in [0.4, 0.5) is 23.8 Å². The molecule has 0 unspecified atom stereocenters. The number of amides is 1. The van der Waals surface area contributed by atoms with E-state index in [2.05, 4.69) is 9.97 Å². The Balaban J connectivity index is 1.79. The number of hydrogen-bond donors (Lipinski definition) is 0. The topological polar surface area (TPSA) is 58.6 Å². The molecule has 0 N–H and O–H groups in total. The monoisotopic (exact) mass is 416 g/mol. The average Bonchev–Trinajstić information content (AvgIpc) is 2.58. The number of nitrogens with zero attached hydrogens (tertiary/aromatic N) is 4. The normalized spacial score (nSPS) is 15.8. The summed E-state index contributed by atoms with van der Waals surface area (Å²) in [6.45, 7) is 6.97. The Kier molecular flexibility index (Phi) is 5.31. The highest BCUT2D eigenvalue weighted by atomic mass is 35.5. The number of rotatable bonds is 1. The third-order valence-electron chi connectivity index (χ3n) is 4.16. The molecule has 0 spiro atoms. The van der Waals surface area contributed by atoms with E-state index in [4.69, 9.17) is 16.3 Å². The molecule has 152 valence electrons. The number of ether oxygens (including phenoxy) is 1. The smallest absolute Gasteiger partial charge is 0.416 e. The average molecular weight is 417 g/mol. The van der Waals surface area contributed by atoms with Gasteiger partial charge < -0.3 is 14.5 Å². The van der Waals surface area contributed by atoms with Crippen LogP contribution in [0.1, 0.15) is 26.3 Å². The molecule has 1 amide bonds. The van der Waals surface area contributed by atoms with Crippen molar-refractivity contribution < 1.29 is 22.7 Å². The van der Waals surface area contributed by atoms with Crippen LogP contribution in [0, 0.1) is 0 Å². The molecule has 28 heavy (non-hydrogen) atoms. The Morgan fingerprint density at radius 1 is 1.07 bits per heavy atom. The summed E-state index contributed by atoms with van der Waals surface area (Å²) in [7, 11) is 0. The van der Waals surface area contributed by atoms with E-state index in [1.54, 1.807) is 30.6 Å². The molecule has 0 radical (unpaired) electrons. The predicted octanol–water partition coefficient (Wildman–Crippen LogP) is 4.36. The first-order valence-corrected chi connectivity index (χ1v) is 9.09. The summed E-state index contributed by atoms with van der Waals surface area (Å²) in [5.41, 5.74) is -0.979. The molecule has 1 fully saturated rings. The first kappa shape index (κ1) is 20.4. The number of fused-ring (bicyclic) bond motifs is 1. The minimum absolute atomic E-state index is 0.109. The molecule has 1 aromatic heterocycles. The molecular weight excluding hydrogens is 397 g/mol. The number of carbonyl (C=O) groups excluding carboxylic acids is 1. The zero-order valence-electron chi connectivity index (χ0n) is 15.7. The maximum absolute atomic E-state index is 13.0. The fourth-order valence-corrected chi connectivity index (χ4v) is 3.08. The van der Waals surface area contributed by atoms with E-state index in [9.17, 15) is 18.0 Å². The van der Waals surface area contributed by atoms with Gasteiger partial charge in [0, 0.05) is 26.2 Å². The van der Waals surface area contributed by atoms with Crippen molar-refractivity contribution in [2.45, 2.75) is 32.5 Å². The Hall–Kier alpha value is -2.29. The molecule has 1 aliphatic heterocycles. The fraction of sp³-hybridized carbons (Fsp3) is 0.500. The van der Waals surface area contributed by atoms with E-state index in [0.717, 1.165) is 12.1 Å². The summed E-state index contributed by atoms with van der Waals surface area (Å²) in [5.74, 6) is 0.303. The molecule has 0 atom stereocenters. The molecule has 2 aromatic rings. The molecule has 6 nitrogen and oxygen atoms in total. The quantitative estimate of drug-likeness (QED) is 0.691. The van der Waals surface area contributed by atoms with E-state index in [1.165, 1.54) is 6.07 Å². The largest absolute Gasteiger partial charge is 0.444 e. The number of piperazine rings is 1. The lowest BCUT2D eigenvalue weighted by Gasteiger charge is -2.36. The van der Waals surface area contributed by atoms with Crippen molar-refractivity contribution in [3.63, 3.8) is 0 Å². The summed E-state index contributed by atoms with van der Waals surface area (Å²) >= 11 is 6.21. The number of carbonyl (C=O) groups is 1. The Morgan fingerprint density at radius 3 is 2.29 bits per heavy atom. The lowest BCUT2D eigenvalue weighted by atomic mass is 10.2. The third-order valence-corrected chi connectivity index (χ3v) is 4.42. The van der Waals surface area contributed by atoms with Crippen molar-refractivity contribution >= 4 is 34.5 Å². The molecule has 1 aromatic carbocycles. The van der Waals surface area contributed by atoms with Crippen LogP contribution in [0.5, 0.6) is 0 Å². The van der Waals surface area contributed by atoms with Crippen LogP contribution in [0.25, 0.3) is 11.0 Å². The van der Waals surface area contributed by atoms with E-state index < -0.39 is 23.4 Å². The Bertz CT molecular complexity index is 891. The zero-order valence-corrected chi connectivity index (χ0v) is 16.4. The number of anilines is 1. The second-order valence-corrected chi connectivity index (χ2v) is 7.85. The SMILES string of the molecule is CC(C)(C)OC(=O)N1CCN(c2nc3cc(C(F)(F)F)ccc3nc2Cl)CC1. The van der Waals surface area contributed by atoms with Crippen LogP contribution in [-0.4, -0.2) is 52.7 Å². The van der Waals surface area contributed by atoms with Crippen molar-refractivity contribution in [3.8, 4) is 0 Å². The Labute approximate surface area is 165 Å². The fourth-order valence-electron chi connectivity index (χ4n) is 2.83. The van der Waals surface area contributed by atoms with Gasteiger partial charge in [-0.2, -0.15) is 13.2 Å². The van der Waals surface area contributed by atoms with Gasteiger partial charge in [0.2, 0.25) is 0 Å². The highest BCUT2D eigenvalue weighted by Crippen LogP contribution is 2.32. The van der Waals surface area contributed by atoms with Gasteiger partial charge in [0.15, 0.2) is 11.0 Å². The number of aromatic nitrogens is 2. The summed E-state index contributed by atoms with van der Waals surface area (Å²) < 4.78 is 44.2. The highest BCUT2D eigenvalue weighted by molar-refractivity contribution is 6.32. The summed E-state index contributed by atoms with van der Waals surface area (Å²) in [5, 5.41) is 0.109. The van der Waals surface area contributed by atoms with Crippen molar-refractivity contribution in [2.24, 2.45) is 0 Å². The molecular formula is C18H20ClF3N4O2. The molecule has 0 bridgehead atoms. The van der Waals surface area contributed by atoms with Crippen LogP contribution in [0.2, 0.25) is 5.15 Å². The minimum atomic E-state index is -4.46. The van der Waals surface area contributed by atoms with Gasteiger partial charge >= 0.3 is 12.3 Å². The molecule has 1 saturated heterocycles. The molecule has 2 heterocycles. The third kappa shape index (κ3) is 4.57. The minimum Gasteiger partial charge on any atom is -0.444 e. The Morgan fingerprint density at radius 2 is 1.71 bits per heavy atom. The van der Waals surface area contributed by atoms with Gasteiger partial charge in [-0.1, -0.05) is 11.6 Å². The summed E-state index contributed by atoms with van der Waals surface area (Å²) in [6, 6.07) is 3.16. The molecule has 10 heteroatoms. The predicted molar refractivity (Wildman–Crippen MR) is 99.6 cm³/mol. The molecule has 0 saturated carbocycles. The van der Waals surface area contributed by atoms with Gasteiger partial charge in [0.05, 0.1) is 16.6 Å². The highest BCUT2D eigenvalue weighted by Gasteiger charge is 2.31. The molecule has 1 aliphatic rings. The van der Waals surface area contributed by atoms with Crippen LogP contribution in [0.15, 0.2) is 18.2 Å². The second-order valence-electron chi connectivity index (χ2n) is 7.49. The standard InChI is InChI=1S/C18H20ClF3N4O2/c1-17(2,3)28-16(27)26-8-6-25(7-9-26)15-14(19)23-12-5-4-11(18(20,21)22)10-13(12)24-15/h4-5,10H,6-9H2,1-3H3. The van der Waals surface area contributed by atoms with Crippen molar-refractivity contribution in [1.82, 2.24) is 14.9 Å². The zero-order chi connectivity index (χ0) is 20.7. The van der Waals surface area contributed by atoms with E-state index >= 15 is 0 Å². The lowest BCUT2D eigenvalue weighted by molar-refractivity contribution is -0.137. The lowest BCUT2D eigenvalue weighted by Crippen LogP contribution is -2.50. The maximum Gasteiger partial charge on any atom is 0.416 e. The summed E-state index contributed by atoms with van der Waals surface area (Å²) in [4.78, 5) is 24.0. The number of hydrogen-bond acceptors (Lipinski definition) is 5. The van der Waals surface area contributed by atoms with Gasteiger partial charge in [0.25, 0.3) is 0 Å². The van der Waals surface area contributed by atoms with Crippen LogP contribution < -0.4 is 4.90 Å². The number of halogens is 4. The maximum atomic E-state index is 13.0. The van der Waals surface area contributed by atoms with E-state index in [0.29, 0.717) is 32.0 Å². The van der Waals surface area contributed by atoms with Gasteiger partial charge in [-0.05, 0) is 39.0 Å². The van der Waals surface area contributed by atoms with Crippen molar-refractivity contribution in [2.75, 3.05) is 31.1 Å². The second kappa shape index (κ2) is 7.27.